The Morgan fingerprint density at radius 2 is 1.68 bits per heavy atom. The van der Waals surface area contributed by atoms with Gasteiger partial charge in [0.05, 0.1) is 7.11 Å². The van der Waals surface area contributed by atoms with Crippen molar-refractivity contribution < 1.29 is 9.47 Å². The first kappa shape index (κ1) is 21.2. The van der Waals surface area contributed by atoms with Crippen LogP contribution < -0.4 is 14.8 Å². The third-order valence-corrected chi connectivity index (χ3v) is 8.55. The van der Waals surface area contributed by atoms with E-state index >= 15 is 0 Å². The van der Waals surface area contributed by atoms with Crippen molar-refractivity contribution in [1.82, 2.24) is 5.32 Å². The molecule has 4 heteroatoms. The fraction of sp³-hybridized carbons (Fsp3) is 0.556. The molecule has 31 heavy (non-hydrogen) atoms. The quantitative estimate of drug-likeness (QED) is 0.501. The number of benzene rings is 2. The zero-order chi connectivity index (χ0) is 21.4. The van der Waals surface area contributed by atoms with Gasteiger partial charge in [-0.3, -0.25) is 0 Å². The van der Waals surface area contributed by atoms with Crippen molar-refractivity contribution in [3.05, 3.63) is 58.6 Å². The van der Waals surface area contributed by atoms with E-state index in [1.807, 2.05) is 30.3 Å². The number of nitrogens with one attached hydrogen (secondary N) is 1. The molecule has 1 atom stereocenters. The number of hydrogen-bond donors (Lipinski definition) is 1. The summed E-state index contributed by atoms with van der Waals surface area (Å²) in [5.74, 6) is 4.49. The zero-order valence-corrected chi connectivity index (χ0v) is 19.5. The molecule has 3 nitrogen and oxygen atoms in total. The second-order valence-corrected chi connectivity index (χ2v) is 10.7. The average Bonchev–Trinajstić information content (AvgIpc) is 2.76. The molecule has 0 aliphatic heterocycles. The molecule has 4 bridgehead atoms. The second kappa shape index (κ2) is 8.67. The van der Waals surface area contributed by atoms with Crippen LogP contribution in [0.4, 0.5) is 0 Å². The lowest BCUT2D eigenvalue weighted by Gasteiger charge is -2.59. The number of halogens is 1. The van der Waals surface area contributed by atoms with Crippen molar-refractivity contribution in [2.24, 2.45) is 23.2 Å². The number of ether oxygens (including phenoxy) is 2. The van der Waals surface area contributed by atoms with Gasteiger partial charge in [0.1, 0.15) is 6.61 Å². The Hall–Kier alpha value is -1.71. The van der Waals surface area contributed by atoms with E-state index in [0.29, 0.717) is 18.1 Å². The minimum Gasteiger partial charge on any atom is -0.493 e. The van der Waals surface area contributed by atoms with Gasteiger partial charge in [0.25, 0.3) is 0 Å². The van der Waals surface area contributed by atoms with Crippen molar-refractivity contribution in [3.63, 3.8) is 0 Å². The third-order valence-electron chi connectivity index (χ3n) is 8.19. The van der Waals surface area contributed by atoms with Gasteiger partial charge >= 0.3 is 0 Å². The summed E-state index contributed by atoms with van der Waals surface area (Å²) in [5.41, 5.74) is 2.73. The zero-order valence-electron chi connectivity index (χ0n) is 18.7. The first-order valence-electron chi connectivity index (χ1n) is 11.8. The van der Waals surface area contributed by atoms with E-state index < -0.39 is 0 Å². The van der Waals surface area contributed by atoms with Crippen LogP contribution in [0.25, 0.3) is 0 Å². The predicted molar refractivity (Wildman–Crippen MR) is 126 cm³/mol. The third kappa shape index (κ3) is 4.32. The molecular weight excluding hydrogens is 406 g/mol. The lowest BCUT2D eigenvalue weighted by Crippen LogP contribution is -2.54. The van der Waals surface area contributed by atoms with E-state index in [1.54, 1.807) is 7.11 Å². The first-order valence-corrected chi connectivity index (χ1v) is 12.2. The van der Waals surface area contributed by atoms with Gasteiger partial charge in [0.15, 0.2) is 11.5 Å². The fourth-order valence-corrected chi connectivity index (χ4v) is 7.10. The standard InChI is InChI=1S/C27H34ClNO2/c1-18(27-13-20-9-21(14-27)11-22(10-20)15-27)29-16-19-7-8-25(26(12-19)30-2)31-17-23-5-3-4-6-24(23)28/h3-8,12,18,20-22,29H,9-11,13-17H2,1-2H3/t18-,20?,21?,22?,27?/m1/s1. The predicted octanol–water partition coefficient (Wildman–Crippen LogP) is 6.62. The maximum Gasteiger partial charge on any atom is 0.161 e. The highest BCUT2D eigenvalue weighted by molar-refractivity contribution is 6.31. The highest BCUT2D eigenvalue weighted by Gasteiger charge is 2.52. The van der Waals surface area contributed by atoms with Gasteiger partial charge in [0, 0.05) is 23.2 Å². The van der Waals surface area contributed by atoms with Crippen LogP contribution >= 0.6 is 11.6 Å². The SMILES string of the molecule is COc1cc(CN[C@H](C)C23CC4CC(CC(C4)C2)C3)ccc1OCc1ccccc1Cl. The minimum absolute atomic E-state index is 0.427. The van der Waals surface area contributed by atoms with Crippen LogP contribution in [-0.4, -0.2) is 13.2 Å². The molecule has 0 aromatic heterocycles. The molecule has 6 rings (SSSR count). The summed E-state index contributed by atoms with van der Waals surface area (Å²) in [6.45, 7) is 3.71. The molecule has 0 saturated heterocycles. The molecule has 0 unspecified atom stereocenters. The molecule has 0 spiro atoms. The Morgan fingerprint density at radius 3 is 2.32 bits per heavy atom. The highest BCUT2D eigenvalue weighted by atomic mass is 35.5. The van der Waals surface area contributed by atoms with Gasteiger partial charge in [-0.2, -0.15) is 0 Å². The second-order valence-electron chi connectivity index (χ2n) is 10.2. The van der Waals surface area contributed by atoms with Crippen molar-refractivity contribution in [2.75, 3.05) is 7.11 Å². The summed E-state index contributed by atoms with van der Waals surface area (Å²) in [4.78, 5) is 0. The summed E-state index contributed by atoms with van der Waals surface area (Å²) in [5, 5.41) is 4.60. The van der Waals surface area contributed by atoms with Crippen molar-refractivity contribution in [3.8, 4) is 11.5 Å². The van der Waals surface area contributed by atoms with E-state index in [4.69, 9.17) is 21.1 Å². The van der Waals surface area contributed by atoms with Gasteiger partial charge in [-0.05, 0) is 92.4 Å². The molecule has 2 aromatic rings. The van der Waals surface area contributed by atoms with E-state index in [-0.39, 0.29) is 0 Å². The van der Waals surface area contributed by atoms with Gasteiger partial charge in [0.2, 0.25) is 0 Å². The Labute approximate surface area is 191 Å². The highest BCUT2D eigenvalue weighted by Crippen LogP contribution is 2.61. The van der Waals surface area contributed by atoms with Crippen LogP contribution in [0.15, 0.2) is 42.5 Å². The summed E-state index contributed by atoms with van der Waals surface area (Å²) >= 11 is 6.25. The van der Waals surface area contributed by atoms with Crippen LogP contribution in [0.3, 0.4) is 0 Å². The number of methoxy groups -OCH3 is 1. The first-order chi connectivity index (χ1) is 15.0. The lowest BCUT2D eigenvalue weighted by atomic mass is 9.48. The maximum atomic E-state index is 6.25. The molecule has 0 amide bonds. The Balaban J connectivity index is 1.21. The maximum absolute atomic E-state index is 6.25. The fourth-order valence-electron chi connectivity index (χ4n) is 6.91. The van der Waals surface area contributed by atoms with Crippen LogP contribution in [0.1, 0.15) is 56.6 Å². The molecule has 4 aliphatic carbocycles. The molecule has 4 aliphatic rings. The minimum atomic E-state index is 0.427. The van der Waals surface area contributed by atoms with Crippen molar-refractivity contribution >= 4 is 11.6 Å². The smallest absolute Gasteiger partial charge is 0.161 e. The van der Waals surface area contributed by atoms with E-state index in [0.717, 1.165) is 46.4 Å². The van der Waals surface area contributed by atoms with Crippen molar-refractivity contribution in [1.29, 1.82) is 0 Å². The summed E-state index contributed by atoms with van der Waals surface area (Å²) in [6.07, 6.45) is 8.80. The van der Waals surface area contributed by atoms with Crippen molar-refractivity contribution in [2.45, 2.75) is 64.6 Å². The average molecular weight is 440 g/mol. The van der Waals surface area contributed by atoms with Crippen LogP contribution in [0.5, 0.6) is 11.5 Å². The van der Waals surface area contributed by atoms with Gasteiger partial charge in [-0.1, -0.05) is 35.9 Å². The van der Waals surface area contributed by atoms with Crippen LogP contribution in [0.2, 0.25) is 5.02 Å². The molecule has 4 fully saturated rings. The molecule has 0 heterocycles. The van der Waals surface area contributed by atoms with Crippen LogP contribution in [-0.2, 0) is 13.2 Å². The van der Waals surface area contributed by atoms with E-state index in [1.165, 1.54) is 44.1 Å². The van der Waals surface area contributed by atoms with Gasteiger partial charge < -0.3 is 14.8 Å². The summed E-state index contributed by atoms with van der Waals surface area (Å²) < 4.78 is 11.6. The Bertz CT molecular complexity index is 892. The van der Waals surface area contributed by atoms with Gasteiger partial charge in [-0.25, -0.2) is 0 Å². The monoisotopic (exact) mass is 439 g/mol. The van der Waals surface area contributed by atoms with Gasteiger partial charge in [-0.15, -0.1) is 0 Å². The number of rotatable bonds is 8. The molecule has 0 radical (unpaired) electrons. The Morgan fingerprint density at radius 1 is 1.00 bits per heavy atom. The Kier molecular flexibility index (Phi) is 5.92. The summed E-state index contributed by atoms with van der Waals surface area (Å²) in [7, 11) is 1.70. The summed E-state index contributed by atoms with van der Waals surface area (Å²) in [6, 6.07) is 14.6. The van der Waals surface area contributed by atoms with E-state index in [9.17, 15) is 0 Å². The largest absolute Gasteiger partial charge is 0.493 e. The molecular formula is C27H34ClNO2. The number of hydrogen-bond acceptors (Lipinski definition) is 3. The van der Waals surface area contributed by atoms with Crippen LogP contribution in [0, 0.1) is 23.2 Å². The molecule has 4 saturated carbocycles. The van der Waals surface area contributed by atoms with E-state index in [2.05, 4.69) is 24.4 Å². The molecule has 166 valence electrons. The molecule has 1 N–H and O–H groups in total. The normalized spacial score (nSPS) is 29.7. The molecule has 2 aromatic carbocycles. The topological polar surface area (TPSA) is 30.5 Å². The lowest BCUT2D eigenvalue weighted by molar-refractivity contribution is -0.0706.